The minimum Gasteiger partial charge on any atom is -0.480 e. The number of carboxylic acids is 1. The SMILES string of the molecule is CCCCC(N[C@H](C)c1ccc(F)cc1)C(=O)O. The Kier molecular flexibility index (Phi) is 5.78. The molecule has 1 aromatic carbocycles. The molecule has 3 nitrogen and oxygen atoms in total. The van der Waals surface area contributed by atoms with Gasteiger partial charge < -0.3 is 5.11 Å². The van der Waals surface area contributed by atoms with E-state index in [2.05, 4.69) is 5.32 Å². The van der Waals surface area contributed by atoms with Crippen LogP contribution in [-0.4, -0.2) is 17.1 Å². The molecule has 0 saturated carbocycles. The number of benzene rings is 1. The molecule has 1 unspecified atom stereocenters. The fourth-order valence-corrected chi connectivity index (χ4v) is 1.84. The second kappa shape index (κ2) is 7.11. The molecule has 1 rings (SSSR count). The van der Waals surface area contributed by atoms with Crippen LogP contribution in [0.25, 0.3) is 0 Å². The monoisotopic (exact) mass is 253 g/mol. The molecule has 0 heterocycles. The predicted molar refractivity (Wildman–Crippen MR) is 68.9 cm³/mol. The zero-order valence-corrected chi connectivity index (χ0v) is 10.8. The number of carbonyl (C=O) groups is 1. The van der Waals surface area contributed by atoms with Crippen LogP contribution >= 0.6 is 0 Å². The summed E-state index contributed by atoms with van der Waals surface area (Å²) in [5.74, 6) is -1.12. The molecule has 2 atom stereocenters. The van der Waals surface area contributed by atoms with Crippen molar-refractivity contribution in [1.82, 2.24) is 5.32 Å². The zero-order valence-electron chi connectivity index (χ0n) is 10.8. The van der Waals surface area contributed by atoms with Crippen molar-refractivity contribution in [3.8, 4) is 0 Å². The molecule has 0 aromatic heterocycles. The number of halogens is 1. The lowest BCUT2D eigenvalue weighted by atomic mass is 10.0. The van der Waals surface area contributed by atoms with Crippen LogP contribution in [0.4, 0.5) is 4.39 Å². The van der Waals surface area contributed by atoms with E-state index in [4.69, 9.17) is 5.11 Å². The Morgan fingerprint density at radius 3 is 2.50 bits per heavy atom. The van der Waals surface area contributed by atoms with Gasteiger partial charge in [-0.3, -0.25) is 10.1 Å². The van der Waals surface area contributed by atoms with Gasteiger partial charge in [0, 0.05) is 6.04 Å². The summed E-state index contributed by atoms with van der Waals surface area (Å²) in [6.07, 6.45) is 2.45. The largest absolute Gasteiger partial charge is 0.480 e. The average Bonchev–Trinajstić information content (AvgIpc) is 2.34. The third-order valence-corrected chi connectivity index (χ3v) is 2.97. The predicted octanol–water partition coefficient (Wildman–Crippen LogP) is 3.12. The van der Waals surface area contributed by atoms with Gasteiger partial charge >= 0.3 is 5.97 Å². The third kappa shape index (κ3) is 4.45. The van der Waals surface area contributed by atoms with Crippen molar-refractivity contribution >= 4 is 5.97 Å². The van der Waals surface area contributed by atoms with Crippen LogP contribution in [0.15, 0.2) is 24.3 Å². The summed E-state index contributed by atoms with van der Waals surface area (Å²) >= 11 is 0. The molecule has 0 fully saturated rings. The lowest BCUT2D eigenvalue weighted by Crippen LogP contribution is -2.38. The normalized spacial score (nSPS) is 14.2. The fraction of sp³-hybridized carbons (Fsp3) is 0.500. The highest BCUT2D eigenvalue weighted by Crippen LogP contribution is 2.15. The maximum atomic E-state index is 12.8. The first-order valence-corrected chi connectivity index (χ1v) is 6.29. The topological polar surface area (TPSA) is 49.3 Å². The Bertz CT molecular complexity index is 378. The number of rotatable bonds is 7. The summed E-state index contributed by atoms with van der Waals surface area (Å²) in [5.41, 5.74) is 0.888. The van der Waals surface area contributed by atoms with E-state index < -0.39 is 12.0 Å². The van der Waals surface area contributed by atoms with Gasteiger partial charge in [0.15, 0.2) is 0 Å². The summed E-state index contributed by atoms with van der Waals surface area (Å²) in [6.45, 7) is 3.91. The van der Waals surface area contributed by atoms with Crippen molar-refractivity contribution in [2.75, 3.05) is 0 Å². The lowest BCUT2D eigenvalue weighted by Gasteiger charge is -2.20. The van der Waals surface area contributed by atoms with Crippen LogP contribution in [0.3, 0.4) is 0 Å². The second-order valence-electron chi connectivity index (χ2n) is 4.47. The molecule has 0 aliphatic rings. The summed E-state index contributed by atoms with van der Waals surface area (Å²) in [5, 5.41) is 12.2. The Hall–Kier alpha value is -1.42. The minimum absolute atomic E-state index is 0.108. The van der Waals surface area contributed by atoms with E-state index in [1.807, 2.05) is 13.8 Å². The standard InChI is InChI=1S/C14H20FNO2/c1-3-4-5-13(14(17)18)16-10(2)11-6-8-12(15)9-7-11/h6-10,13,16H,3-5H2,1-2H3,(H,17,18)/t10-,13?/m1/s1. The summed E-state index contributed by atoms with van der Waals surface area (Å²) in [4.78, 5) is 11.1. The fourth-order valence-electron chi connectivity index (χ4n) is 1.84. The van der Waals surface area contributed by atoms with Crippen molar-refractivity contribution in [1.29, 1.82) is 0 Å². The van der Waals surface area contributed by atoms with Gasteiger partial charge in [-0.25, -0.2) is 4.39 Å². The van der Waals surface area contributed by atoms with E-state index in [-0.39, 0.29) is 11.9 Å². The van der Waals surface area contributed by atoms with Crippen molar-refractivity contribution in [2.24, 2.45) is 0 Å². The first-order chi connectivity index (χ1) is 8.54. The summed E-state index contributed by atoms with van der Waals surface area (Å²) in [7, 11) is 0. The van der Waals surface area contributed by atoms with E-state index in [0.717, 1.165) is 18.4 Å². The number of hydrogen-bond donors (Lipinski definition) is 2. The highest BCUT2D eigenvalue weighted by Gasteiger charge is 2.19. The number of nitrogens with one attached hydrogen (secondary N) is 1. The van der Waals surface area contributed by atoms with Crippen LogP contribution < -0.4 is 5.32 Å². The Morgan fingerprint density at radius 2 is 2.00 bits per heavy atom. The maximum Gasteiger partial charge on any atom is 0.320 e. The first-order valence-electron chi connectivity index (χ1n) is 6.29. The molecule has 0 amide bonds. The number of hydrogen-bond acceptors (Lipinski definition) is 2. The summed E-state index contributed by atoms with van der Waals surface area (Å²) in [6, 6.07) is 5.45. The second-order valence-corrected chi connectivity index (χ2v) is 4.47. The van der Waals surface area contributed by atoms with E-state index >= 15 is 0 Å². The molecular formula is C14H20FNO2. The van der Waals surface area contributed by atoms with Crippen molar-refractivity contribution < 1.29 is 14.3 Å². The molecule has 0 saturated heterocycles. The van der Waals surface area contributed by atoms with Gasteiger partial charge in [-0.05, 0) is 31.0 Å². The molecule has 0 radical (unpaired) electrons. The lowest BCUT2D eigenvalue weighted by molar-refractivity contribution is -0.139. The van der Waals surface area contributed by atoms with Gasteiger partial charge in [0.05, 0.1) is 0 Å². The van der Waals surface area contributed by atoms with E-state index in [9.17, 15) is 9.18 Å². The molecular weight excluding hydrogens is 233 g/mol. The van der Waals surface area contributed by atoms with Gasteiger partial charge in [-0.15, -0.1) is 0 Å². The van der Waals surface area contributed by atoms with Crippen LogP contribution in [0.2, 0.25) is 0 Å². The molecule has 0 aliphatic carbocycles. The van der Waals surface area contributed by atoms with Crippen LogP contribution in [-0.2, 0) is 4.79 Å². The highest BCUT2D eigenvalue weighted by molar-refractivity contribution is 5.73. The molecule has 0 spiro atoms. The van der Waals surface area contributed by atoms with Crippen LogP contribution in [0, 0.1) is 5.82 Å². The quantitative estimate of drug-likeness (QED) is 0.785. The Balaban J connectivity index is 2.62. The minimum atomic E-state index is -0.836. The molecule has 18 heavy (non-hydrogen) atoms. The van der Waals surface area contributed by atoms with Gasteiger partial charge in [0.2, 0.25) is 0 Å². The number of unbranched alkanes of at least 4 members (excludes halogenated alkanes) is 1. The molecule has 100 valence electrons. The molecule has 2 N–H and O–H groups in total. The maximum absolute atomic E-state index is 12.8. The third-order valence-electron chi connectivity index (χ3n) is 2.97. The summed E-state index contributed by atoms with van der Waals surface area (Å²) < 4.78 is 12.8. The van der Waals surface area contributed by atoms with E-state index in [1.54, 1.807) is 12.1 Å². The van der Waals surface area contributed by atoms with Crippen molar-refractivity contribution in [2.45, 2.75) is 45.2 Å². The number of carboxylic acid groups (broad SMARTS) is 1. The molecule has 1 aromatic rings. The van der Waals surface area contributed by atoms with Gasteiger partial charge in [0.25, 0.3) is 0 Å². The van der Waals surface area contributed by atoms with Crippen LogP contribution in [0.5, 0.6) is 0 Å². The van der Waals surface area contributed by atoms with Gasteiger partial charge in [0.1, 0.15) is 11.9 Å². The molecule has 4 heteroatoms. The van der Waals surface area contributed by atoms with Gasteiger partial charge in [-0.1, -0.05) is 31.9 Å². The molecule has 0 bridgehead atoms. The van der Waals surface area contributed by atoms with E-state index in [0.29, 0.717) is 6.42 Å². The Morgan fingerprint density at radius 1 is 1.39 bits per heavy atom. The Labute approximate surface area is 107 Å². The van der Waals surface area contributed by atoms with Gasteiger partial charge in [-0.2, -0.15) is 0 Å². The van der Waals surface area contributed by atoms with Crippen LogP contribution in [0.1, 0.15) is 44.7 Å². The van der Waals surface area contributed by atoms with E-state index in [1.165, 1.54) is 12.1 Å². The average molecular weight is 253 g/mol. The molecule has 0 aliphatic heterocycles. The van der Waals surface area contributed by atoms with Crippen molar-refractivity contribution in [3.63, 3.8) is 0 Å². The smallest absolute Gasteiger partial charge is 0.320 e. The first kappa shape index (κ1) is 14.6. The highest BCUT2D eigenvalue weighted by atomic mass is 19.1. The zero-order chi connectivity index (χ0) is 13.5. The number of aliphatic carboxylic acids is 1. The van der Waals surface area contributed by atoms with Crippen molar-refractivity contribution in [3.05, 3.63) is 35.6 Å².